The van der Waals surface area contributed by atoms with E-state index in [1.54, 1.807) is 0 Å². The largest absolute Gasteiger partial charge is 0.475 e. The Morgan fingerprint density at radius 3 is 2.38 bits per heavy atom. The van der Waals surface area contributed by atoms with Gasteiger partial charge in [0.05, 0.1) is 0 Å². The Labute approximate surface area is 89.5 Å². The molecule has 1 aliphatic rings. The molecule has 10 heteroatoms. The summed E-state index contributed by atoms with van der Waals surface area (Å²) in [5.41, 5.74) is 0. The number of aliphatic carboxylic acids is 1. The monoisotopic (exact) mass is 256 g/mol. The molecular formula is C6H8O9S. The summed E-state index contributed by atoms with van der Waals surface area (Å²) < 4.78 is 37.2. The van der Waals surface area contributed by atoms with Gasteiger partial charge in [-0.25, -0.2) is 8.98 Å². The highest BCUT2D eigenvalue weighted by Gasteiger charge is 2.38. The highest BCUT2D eigenvalue weighted by atomic mass is 32.3. The number of hydrogen-bond donors (Lipinski definition) is 4. The second-order valence-electron chi connectivity index (χ2n) is 2.82. The van der Waals surface area contributed by atoms with E-state index in [0.717, 1.165) is 0 Å². The molecule has 0 saturated carbocycles. The van der Waals surface area contributed by atoms with Crippen LogP contribution in [-0.4, -0.2) is 52.8 Å². The molecule has 2 unspecified atom stereocenters. The quantitative estimate of drug-likeness (QED) is 0.414. The molecule has 0 fully saturated rings. The maximum absolute atomic E-state index is 10.4. The minimum absolute atomic E-state index is 0.630. The third-order valence-electron chi connectivity index (χ3n) is 1.63. The summed E-state index contributed by atoms with van der Waals surface area (Å²) in [6.45, 7) is 0. The van der Waals surface area contributed by atoms with Gasteiger partial charge in [0.2, 0.25) is 12.0 Å². The third kappa shape index (κ3) is 3.15. The van der Waals surface area contributed by atoms with E-state index in [4.69, 9.17) is 14.8 Å². The SMILES string of the molecule is O=C(O)C1=C[C@@H](O)C(OS(=O)(=O)O)C(O)O1. The molecule has 0 bridgehead atoms. The van der Waals surface area contributed by atoms with Crippen LogP contribution in [0.15, 0.2) is 11.8 Å². The lowest BCUT2D eigenvalue weighted by Gasteiger charge is -2.28. The van der Waals surface area contributed by atoms with Gasteiger partial charge >= 0.3 is 16.4 Å². The smallest absolute Gasteiger partial charge is 0.397 e. The number of carboxylic acids is 1. The molecule has 0 aromatic rings. The van der Waals surface area contributed by atoms with E-state index in [9.17, 15) is 18.3 Å². The van der Waals surface area contributed by atoms with E-state index in [1.165, 1.54) is 0 Å². The minimum Gasteiger partial charge on any atom is -0.475 e. The predicted molar refractivity (Wildman–Crippen MR) is 45.2 cm³/mol. The van der Waals surface area contributed by atoms with E-state index in [0.29, 0.717) is 6.08 Å². The van der Waals surface area contributed by atoms with Gasteiger partial charge in [0.25, 0.3) is 0 Å². The number of aliphatic hydroxyl groups excluding tert-OH is 2. The molecule has 4 N–H and O–H groups in total. The van der Waals surface area contributed by atoms with Crippen molar-refractivity contribution in [3.63, 3.8) is 0 Å². The van der Waals surface area contributed by atoms with Crippen LogP contribution in [-0.2, 0) is 24.1 Å². The highest BCUT2D eigenvalue weighted by Crippen LogP contribution is 2.20. The highest BCUT2D eigenvalue weighted by molar-refractivity contribution is 7.80. The molecule has 0 amide bonds. The Hall–Kier alpha value is -1.20. The van der Waals surface area contributed by atoms with E-state index >= 15 is 0 Å². The summed E-state index contributed by atoms with van der Waals surface area (Å²) >= 11 is 0. The zero-order chi connectivity index (χ0) is 12.5. The fraction of sp³-hybridized carbons (Fsp3) is 0.500. The van der Waals surface area contributed by atoms with Crippen molar-refractivity contribution in [1.82, 2.24) is 0 Å². The Morgan fingerprint density at radius 1 is 1.44 bits per heavy atom. The van der Waals surface area contributed by atoms with Crippen LogP contribution in [0, 0.1) is 0 Å². The van der Waals surface area contributed by atoms with Gasteiger partial charge in [-0.15, -0.1) is 0 Å². The third-order valence-corrected chi connectivity index (χ3v) is 2.10. The van der Waals surface area contributed by atoms with Crippen LogP contribution in [0.25, 0.3) is 0 Å². The fourth-order valence-corrected chi connectivity index (χ4v) is 1.51. The maximum atomic E-state index is 10.4. The zero-order valence-corrected chi connectivity index (χ0v) is 8.36. The van der Waals surface area contributed by atoms with Gasteiger partial charge in [-0.2, -0.15) is 8.42 Å². The molecule has 0 aromatic heterocycles. The number of rotatable bonds is 3. The first kappa shape index (κ1) is 12.9. The number of carbonyl (C=O) groups is 1. The van der Waals surface area contributed by atoms with Gasteiger partial charge in [0, 0.05) is 0 Å². The average Bonchev–Trinajstić information content (AvgIpc) is 2.09. The minimum atomic E-state index is -4.90. The van der Waals surface area contributed by atoms with Crippen LogP contribution >= 0.6 is 0 Å². The van der Waals surface area contributed by atoms with E-state index in [-0.39, 0.29) is 0 Å². The molecule has 0 saturated heterocycles. The first-order valence-electron chi connectivity index (χ1n) is 3.84. The van der Waals surface area contributed by atoms with Crippen molar-refractivity contribution < 1.29 is 42.0 Å². The van der Waals surface area contributed by atoms with E-state index < -0.39 is 40.6 Å². The Balaban J connectivity index is 2.88. The molecule has 9 nitrogen and oxygen atoms in total. The maximum Gasteiger partial charge on any atom is 0.397 e. The molecule has 0 radical (unpaired) electrons. The van der Waals surface area contributed by atoms with Crippen molar-refractivity contribution >= 4 is 16.4 Å². The lowest BCUT2D eigenvalue weighted by atomic mass is 10.1. The molecule has 0 spiro atoms. The summed E-state index contributed by atoms with van der Waals surface area (Å²) in [4.78, 5) is 10.4. The van der Waals surface area contributed by atoms with Gasteiger partial charge < -0.3 is 20.1 Å². The van der Waals surface area contributed by atoms with Gasteiger partial charge in [-0.1, -0.05) is 0 Å². The zero-order valence-electron chi connectivity index (χ0n) is 7.55. The molecule has 1 aliphatic heterocycles. The summed E-state index contributed by atoms with van der Waals surface area (Å²) in [6.07, 6.45) is -4.99. The molecule has 0 aliphatic carbocycles. The van der Waals surface area contributed by atoms with Crippen LogP contribution in [0.1, 0.15) is 0 Å². The van der Waals surface area contributed by atoms with Crippen molar-refractivity contribution in [2.45, 2.75) is 18.5 Å². The average molecular weight is 256 g/mol. The summed E-state index contributed by atoms with van der Waals surface area (Å²) in [7, 11) is -4.90. The van der Waals surface area contributed by atoms with Crippen molar-refractivity contribution in [3.05, 3.63) is 11.8 Å². The molecule has 1 rings (SSSR count). The first-order chi connectivity index (χ1) is 7.20. The van der Waals surface area contributed by atoms with Gasteiger partial charge in [-0.3, -0.25) is 4.55 Å². The fourth-order valence-electron chi connectivity index (χ4n) is 1.02. The number of ether oxygens (including phenoxy) is 1. The normalized spacial score (nSPS) is 30.4. The van der Waals surface area contributed by atoms with Crippen molar-refractivity contribution in [2.24, 2.45) is 0 Å². The molecule has 16 heavy (non-hydrogen) atoms. The van der Waals surface area contributed by atoms with E-state index in [2.05, 4.69) is 8.92 Å². The molecular weight excluding hydrogens is 248 g/mol. The molecule has 92 valence electrons. The van der Waals surface area contributed by atoms with Gasteiger partial charge in [0.15, 0.2) is 6.10 Å². The van der Waals surface area contributed by atoms with Gasteiger partial charge in [0.1, 0.15) is 6.10 Å². The molecule has 1 heterocycles. The number of carboxylic acid groups (broad SMARTS) is 1. The lowest BCUT2D eigenvalue weighted by Crippen LogP contribution is -2.45. The topological polar surface area (TPSA) is 151 Å². The number of hydrogen-bond acceptors (Lipinski definition) is 7. The summed E-state index contributed by atoms with van der Waals surface area (Å²) in [5.74, 6) is -2.31. The second-order valence-corrected chi connectivity index (χ2v) is 3.87. The van der Waals surface area contributed by atoms with Crippen LogP contribution in [0.3, 0.4) is 0 Å². The summed E-state index contributed by atoms with van der Waals surface area (Å²) in [5, 5.41) is 26.8. The number of aliphatic hydroxyl groups is 2. The van der Waals surface area contributed by atoms with Crippen LogP contribution in [0.5, 0.6) is 0 Å². The van der Waals surface area contributed by atoms with Crippen LogP contribution in [0.4, 0.5) is 0 Å². The predicted octanol–water partition coefficient (Wildman–Crippen LogP) is -2.15. The van der Waals surface area contributed by atoms with Crippen molar-refractivity contribution in [3.8, 4) is 0 Å². The van der Waals surface area contributed by atoms with Crippen LogP contribution < -0.4 is 0 Å². The molecule has 3 atom stereocenters. The van der Waals surface area contributed by atoms with Crippen molar-refractivity contribution in [2.75, 3.05) is 0 Å². The Kier molecular flexibility index (Phi) is 3.50. The second kappa shape index (κ2) is 4.35. The Morgan fingerprint density at radius 2 is 2.00 bits per heavy atom. The van der Waals surface area contributed by atoms with Gasteiger partial charge in [-0.05, 0) is 6.08 Å². The first-order valence-corrected chi connectivity index (χ1v) is 5.21. The summed E-state index contributed by atoms with van der Waals surface area (Å²) in [6, 6.07) is 0. The van der Waals surface area contributed by atoms with E-state index in [1.807, 2.05) is 0 Å². The molecule has 0 aromatic carbocycles. The van der Waals surface area contributed by atoms with Crippen LogP contribution in [0.2, 0.25) is 0 Å². The van der Waals surface area contributed by atoms with Crippen molar-refractivity contribution in [1.29, 1.82) is 0 Å². The lowest BCUT2D eigenvalue weighted by molar-refractivity contribution is -0.176. The standard InChI is InChI=1S/C6H8O9S/c7-2-1-3(5(8)9)14-6(10)4(2)15-16(11,12)13/h1-2,4,6-7,10H,(H,8,9)(H,11,12,13)/t2-,4?,6?/m1/s1. The Bertz CT molecular complexity index is 410.